The number of alkyl halides is 1. The van der Waals surface area contributed by atoms with Gasteiger partial charge in [0.15, 0.2) is 0 Å². The number of benzene rings is 1. The van der Waals surface area contributed by atoms with Crippen LogP contribution >= 0.6 is 15.9 Å². The summed E-state index contributed by atoms with van der Waals surface area (Å²) in [6.45, 7) is 4.08. The van der Waals surface area contributed by atoms with Crippen molar-refractivity contribution in [2.45, 2.75) is 19.8 Å². The van der Waals surface area contributed by atoms with Crippen LogP contribution in [0.4, 0.5) is 4.39 Å². The van der Waals surface area contributed by atoms with Gasteiger partial charge in [-0.15, -0.1) is 0 Å². The van der Waals surface area contributed by atoms with Crippen molar-refractivity contribution in [3.8, 4) is 5.75 Å². The molecule has 1 saturated heterocycles. The fourth-order valence-corrected chi connectivity index (χ4v) is 2.80. The maximum Gasteiger partial charge on any atom is 0.126 e. The molecule has 0 aromatic heterocycles. The maximum absolute atomic E-state index is 13.2. The third-order valence-electron chi connectivity index (χ3n) is 3.52. The van der Waals surface area contributed by atoms with E-state index in [0.29, 0.717) is 12.4 Å². The van der Waals surface area contributed by atoms with E-state index in [1.165, 1.54) is 12.1 Å². The number of ether oxygens (including phenoxy) is 2. The molecule has 0 radical (unpaired) electrons. The van der Waals surface area contributed by atoms with Crippen LogP contribution in [-0.4, -0.2) is 25.2 Å². The first-order valence-corrected chi connectivity index (χ1v) is 7.30. The highest BCUT2D eigenvalue weighted by molar-refractivity contribution is 9.09. The van der Waals surface area contributed by atoms with Crippen molar-refractivity contribution in [3.05, 3.63) is 29.6 Å². The summed E-state index contributed by atoms with van der Waals surface area (Å²) in [5.41, 5.74) is 1.07. The Morgan fingerprint density at radius 2 is 2.11 bits per heavy atom. The highest BCUT2D eigenvalue weighted by Crippen LogP contribution is 2.33. The molecule has 0 bridgehead atoms. The number of halogens is 2. The lowest BCUT2D eigenvalue weighted by molar-refractivity contribution is 0.00338. The molecule has 0 N–H and O–H groups in total. The standard InChI is InChI=1S/C14H18BrFO2/c1-11-2-3-12(16)8-13(11)18-10-14(9-15)4-6-17-7-5-14/h2-3,8H,4-7,9-10H2,1H3. The molecule has 0 amide bonds. The number of aryl methyl sites for hydroxylation is 1. The van der Waals surface area contributed by atoms with Gasteiger partial charge in [0.1, 0.15) is 11.6 Å². The van der Waals surface area contributed by atoms with E-state index in [0.717, 1.165) is 36.9 Å². The maximum atomic E-state index is 13.2. The van der Waals surface area contributed by atoms with Crippen LogP contribution in [0.25, 0.3) is 0 Å². The number of hydrogen-bond donors (Lipinski definition) is 0. The molecule has 1 aliphatic rings. The van der Waals surface area contributed by atoms with E-state index in [-0.39, 0.29) is 11.2 Å². The zero-order chi connectivity index (χ0) is 13.0. The molecule has 100 valence electrons. The first-order valence-electron chi connectivity index (χ1n) is 6.18. The van der Waals surface area contributed by atoms with Gasteiger partial charge < -0.3 is 9.47 Å². The van der Waals surface area contributed by atoms with Crippen LogP contribution in [0.5, 0.6) is 5.75 Å². The Morgan fingerprint density at radius 3 is 2.78 bits per heavy atom. The third kappa shape index (κ3) is 3.23. The molecule has 2 rings (SSSR count). The van der Waals surface area contributed by atoms with Crippen molar-refractivity contribution in [1.82, 2.24) is 0 Å². The van der Waals surface area contributed by atoms with Gasteiger partial charge in [-0.25, -0.2) is 4.39 Å². The Labute approximate surface area is 116 Å². The smallest absolute Gasteiger partial charge is 0.126 e. The van der Waals surface area contributed by atoms with E-state index in [9.17, 15) is 4.39 Å². The highest BCUT2D eigenvalue weighted by atomic mass is 79.9. The van der Waals surface area contributed by atoms with E-state index in [1.54, 1.807) is 6.07 Å². The second-order valence-corrected chi connectivity index (χ2v) is 5.51. The Balaban J connectivity index is 2.03. The minimum Gasteiger partial charge on any atom is -0.493 e. The average molecular weight is 317 g/mol. The molecule has 0 aliphatic carbocycles. The van der Waals surface area contributed by atoms with E-state index in [4.69, 9.17) is 9.47 Å². The topological polar surface area (TPSA) is 18.5 Å². The van der Waals surface area contributed by atoms with Crippen molar-refractivity contribution in [3.63, 3.8) is 0 Å². The molecule has 1 fully saturated rings. The summed E-state index contributed by atoms with van der Waals surface area (Å²) in [6.07, 6.45) is 1.96. The monoisotopic (exact) mass is 316 g/mol. The predicted molar refractivity (Wildman–Crippen MR) is 72.9 cm³/mol. The van der Waals surface area contributed by atoms with Crippen LogP contribution in [0.1, 0.15) is 18.4 Å². The predicted octanol–water partition coefficient (Wildman–Crippen LogP) is 3.70. The van der Waals surface area contributed by atoms with Crippen LogP contribution in [0.3, 0.4) is 0 Å². The molecule has 0 unspecified atom stereocenters. The molecule has 18 heavy (non-hydrogen) atoms. The van der Waals surface area contributed by atoms with Crippen molar-refractivity contribution in [2.24, 2.45) is 5.41 Å². The van der Waals surface area contributed by atoms with Crippen LogP contribution in [0, 0.1) is 18.2 Å². The molecular formula is C14H18BrFO2. The second kappa shape index (κ2) is 6.02. The Bertz CT molecular complexity index is 403. The molecule has 0 saturated carbocycles. The van der Waals surface area contributed by atoms with Gasteiger partial charge in [-0.3, -0.25) is 0 Å². The molecule has 4 heteroatoms. The lowest BCUT2D eigenvalue weighted by Gasteiger charge is -2.35. The summed E-state index contributed by atoms with van der Waals surface area (Å²) in [5.74, 6) is 0.386. The zero-order valence-corrected chi connectivity index (χ0v) is 12.1. The minimum atomic E-state index is -0.254. The molecule has 1 aliphatic heterocycles. The van der Waals surface area contributed by atoms with Crippen molar-refractivity contribution < 1.29 is 13.9 Å². The summed E-state index contributed by atoms with van der Waals surface area (Å²) >= 11 is 3.57. The lowest BCUT2D eigenvalue weighted by Crippen LogP contribution is -2.36. The van der Waals surface area contributed by atoms with Gasteiger partial charge in [0.05, 0.1) is 6.61 Å². The normalized spacial score (nSPS) is 18.6. The van der Waals surface area contributed by atoms with Gasteiger partial charge in [-0.1, -0.05) is 22.0 Å². The van der Waals surface area contributed by atoms with E-state index < -0.39 is 0 Å². The quantitative estimate of drug-likeness (QED) is 0.788. The molecular weight excluding hydrogens is 299 g/mol. The molecule has 0 atom stereocenters. The average Bonchev–Trinajstić information content (AvgIpc) is 2.41. The summed E-state index contributed by atoms with van der Waals surface area (Å²) < 4.78 is 24.4. The number of rotatable bonds is 4. The summed E-state index contributed by atoms with van der Waals surface area (Å²) in [6, 6.07) is 4.66. The van der Waals surface area contributed by atoms with Crippen LogP contribution in [-0.2, 0) is 4.74 Å². The van der Waals surface area contributed by atoms with Gasteiger partial charge in [-0.05, 0) is 31.4 Å². The Morgan fingerprint density at radius 1 is 1.39 bits per heavy atom. The van der Waals surface area contributed by atoms with Crippen LogP contribution < -0.4 is 4.74 Å². The van der Waals surface area contributed by atoms with Gasteiger partial charge in [0.2, 0.25) is 0 Å². The Hall–Kier alpha value is -0.610. The number of hydrogen-bond acceptors (Lipinski definition) is 2. The fraction of sp³-hybridized carbons (Fsp3) is 0.571. The van der Waals surface area contributed by atoms with Gasteiger partial charge in [0, 0.05) is 30.0 Å². The van der Waals surface area contributed by atoms with Crippen molar-refractivity contribution >= 4 is 15.9 Å². The SMILES string of the molecule is Cc1ccc(F)cc1OCC1(CBr)CCOCC1. The fourth-order valence-electron chi connectivity index (χ4n) is 2.08. The van der Waals surface area contributed by atoms with Crippen LogP contribution in [0.15, 0.2) is 18.2 Å². The van der Waals surface area contributed by atoms with E-state index in [2.05, 4.69) is 15.9 Å². The molecule has 2 nitrogen and oxygen atoms in total. The Kier molecular flexibility index (Phi) is 4.62. The van der Waals surface area contributed by atoms with Crippen molar-refractivity contribution in [1.29, 1.82) is 0 Å². The van der Waals surface area contributed by atoms with Gasteiger partial charge in [0.25, 0.3) is 0 Å². The van der Waals surface area contributed by atoms with E-state index >= 15 is 0 Å². The summed E-state index contributed by atoms with van der Waals surface area (Å²) in [7, 11) is 0. The molecule has 1 heterocycles. The largest absolute Gasteiger partial charge is 0.493 e. The molecule has 1 aromatic rings. The first kappa shape index (κ1) is 13.8. The van der Waals surface area contributed by atoms with Gasteiger partial charge >= 0.3 is 0 Å². The lowest BCUT2D eigenvalue weighted by atomic mass is 9.83. The highest BCUT2D eigenvalue weighted by Gasteiger charge is 2.32. The first-order chi connectivity index (χ1) is 8.65. The van der Waals surface area contributed by atoms with Gasteiger partial charge in [-0.2, -0.15) is 0 Å². The minimum absolute atomic E-state index is 0.108. The summed E-state index contributed by atoms with van der Waals surface area (Å²) in [4.78, 5) is 0. The zero-order valence-electron chi connectivity index (χ0n) is 10.5. The van der Waals surface area contributed by atoms with Crippen LogP contribution in [0.2, 0.25) is 0 Å². The van der Waals surface area contributed by atoms with E-state index in [1.807, 2.05) is 6.92 Å². The molecule has 1 aromatic carbocycles. The molecule has 0 spiro atoms. The third-order valence-corrected chi connectivity index (χ3v) is 4.71. The summed E-state index contributed by atoms with van der Waals surface area (Å²) in [5, 5.41) is 0.887. The van der Waals surface area contributed by atoms with Crippen molar-refractivity contribution in [2.75, 3.05) is 25.2 Å². The second-order valence-electron chi connectivity index (χ2n) is 4.94.